The zero-order valence-electron chi connectivity index (χ0n) is 20.2. The summed E-state index contributed by atoms with van der Waals surface area (Å²) in [6.45, 7) is 7.17. The standard InChI is InChI=1S/C24H29N7O4/c1-24(2,3)35-23(33)31-9-7-30(8-10-31)22(32)19-13-16-12-18(27-14-20(16)29(19)4)17-11-15(5-6-26-17)21(25)28-34/h5-6,11-14,34H,7-10H2,1-4H3,(H2,25,28). The molecule has 4 rings (SSSR count). The Labute approximate surface area is 202 Å². The van der Waals surface area contributed by atoms with Crippen molar-refractivity contribution in [1.82, 2.24) is 24.3 Å². The Bertz CT molecular complexity index is 1300. The number of ether oxygens (including phenoxy) is 1. The van der Waals surface area contributed by atoms with Gasteiger partial charge in [0.2, 0.25) is 0 Å². The number of rotatable bonds is 3. The molecule has 1 aliphatic rings. The van der Waals surface area contributed by atoms with Gasteiger partial charge in [-0.2, -0.15) is 0 Å². The van der Waals surface area contributed by atoms with E-state index in [2.05, 4.69) is 15.1 Å². The number of nitrogens with zero attached hydrogens (tertiary/aromatic N) is 6. The van der Waals surface area contributed by atoms with Gasteiger partial charge >= 0.3 is 6.09 Å². The van der Waals surface area contributed by atoms with Gasteiger partial charge in [0.05, 0.1) is 23.1 Å². The van der Waals surface area contributed by atoms with Gasteiger partial charge < -0.3 is 30.0 Å². The molecule has 35 heavy (non-hydrogen) atoms. The number of fused-ring (bicyclic) bond motifs is 1. The van der Waals surface area contributed by atoms with E-state index < -0.39 is 5.60 Å². The summed E-state index contributed by atoms with van der Waals surface area (Å²) in [6.07, 6.45) is 2.89. The first kappa shape index (κ1) is 24.0. The molecule has 1 saturated heterocycles. The van der Waals surface area contributed by atoms with Crippen molar-refractivity contribution in [2.75, 3.05) is 26.2 Å². The third-order valence-electron chi connectivity index (χ3n) is 5.79. The zero-order valence-corrected chi connectivity index (χ0v) is 20.2. The predicted octanol–water partition coefficient (Wildman–Crippen LogP) is 2.42. The minimum absolute atomic E-state index is 0.0194. The molecular weight excluding hydrogens is 450 g/mol. The third-order valence-corrected chi connectivity index (χ3v) is 5.79. The number of carbonyl (C=O) groups is 2. The molecule has 0 unspecified atom stereocenters. The first-order chi connectivity index (χ1) is 16.6. The summed E-state index contributed by atoms with van der Waals surface area (Å²) in [7, 11) is 1.82. The van der Waals surface area contributed by atoms with Gasteiger partial charge in [-0.1, -0.05) is 5.16 Å². The van der Waals surface area contributed by atoms with Gasteiger partial charge in [0.25, 0.3) is 5.91 Å². The molecular formula is C24H29N7O4. The SMILES string of the molecule is Cn1c(C(=O)N2CCN(C(=O)OC(C)(C)C)CC2)cc2cc(-c3cc(/C(N)=N/O)ccn3)ncc21. The van der Waals surface area contributed by atoms with E-state index >= 15 is 0 Å². The van der Waals surface area contributed by atoms with Crippen LogP contribution in [0.4, 0.5) is 4.79 Å². The van der Waals surface area contributed by atoms with Gasteiger partial charge in [0, 0.05) is 50.4 Å². The monoisotopic (exact) mass is 479 g/mol. The fraction of sp³-hybridized carbons (Fsp3) is 0.375. The minimum Gasteiger partial charge on any atom is -0.444 e. The molecule has 0 saturated carbocycles. The van der Waals surface area contributed by atoms with E-state index in [1.165, 1.54) is 0 Å². The van der Waals surface area contributed by atoms with Crippen LogP contribution in [0.25, 0.3) is 22.3 Å². The molecule has 3 N–H and O–H groups in total. The Balaban J connectivity index is 1.52. The number of aromatic nitrogens is 3. The largest absolute Gasteiger partial charge is 0.444 e. The maximum Gasteiger partial charge on any atom is 0.410 e. The molecule has 1 aliphatic heterocycles. The number of nitrogens with two attached hydrogens (primary N) is 1. The van der Waals surface area contributed by atoms with Crippen molar-refractivity contribution in [2.24, 2.45) is 17.9 Å². The smallest absolute Gasteiger partial charge is 0.410 e. The molecule has 0 aromatic carbocycles. The second-order valence-electron chi connectivity index (χ2n) is 9.39. The highest BCUT2D eigenvalue weighted by molar-refractivity contribution is 6.00. The minimum atomic E-state index is -0.560. The van der Waals surface area contributed by atoms with Crippen molar-refractivity contribution in [3.63, 3.8) is 0 Å². The highest BCUT2D eigenvalue weighted by Gasteiger charge is 2.29. The highest BCUT2D eigenvalue weighted by Crippen LogP contribution is 2.25. The lowest BCUT2D eigenvalue weighted by atomic mass is 10.1. The van der Waals surface area contributed by atoms with E-state index in [-0.39, 0.29) is 17.8 Å². The summed E-state index contributed by atoms with van der Waals surface area (Å²) < 4.78 is 7.25. The molecule has 184 valence electrons. The Morgan fingerprint density at radius 2 is 1.71 bits per heavy atom. The molecule has 0 aliphatic carbocycles. The summed E-state index contributed by atoms with van der Waals surface area (Å²) in [5.74, 6) is -0.129. The molecule has 4 heterocycles. The lowest BCUT2D eigenvalue weighted by molar-refractivity contribution is 0.0139. The van der Waals surface area contributed by atoms with Crippen molar-refractivity contribution >= 4 is 28.7 Å². The van der Waals surface area contributed by atoms with Crippen molar-refractivity contribution in [3.05, 3.63) is 47.9 Å². The molecule has 0 bridgehead atoms. The average molecular weight is 480 g/mol. The summed E-state index contributed by atoms with van der Waals surface area (Å²) in [4.78, 5) is 37.8. The van der Waals surface area contributed by atoms with Gasteiger partial charge in [-0.05, 0) is 45.0 Å². The summed E-state index contributed by atoms with van der Waals surface area (Å²) >= 11 is 0. The van der Waals surface area contributed by atoms with E-state index in [0.717, 1.165) is 10.9 Å². The van der Waals surface area contributed by atoms with E-state index in [4.69, 9.17) is 15.7 Å². The third kappa shape index (κ3) is 5.03. The fourth-order valence-electron chi connectivity index (χ4n) is 3.95. The van der Waals surface area contributed by atoms with Crippen LogP contribution >= 0.6 is 0 Å². The Kier molecular flexibility index (Phi) is 6.33. The zero-order chi connectivity index (χ0) is 25.3. The van der Waals surface area contributed by atoms with Gasteiger partial charge in [-0.25, -0.2) is 4.79 Å². The molecule has 2 amide bonds. The molecule has 11 nitrogen and oxygen atoms in total. The lowest BCUT2D eigenvalue weighted by Gasteiger charge is -2.35. The van der Waals surface area contributed by atoms with E-state index in [9.17, 15) is 9.59 Å². The van der Waals surface area contributed by atoms with Crippen molar-refractivity contribution in [2.45, 2.75) is 26.4 Å². The van der Waals surface area contributed by atoms with Gasteiger partial charge in [-0.15, -0.1) is 0 Å². The van der Waals surface area contributed by atoms with Crippen LogP contribution in [0.2, 0.25) is 0 Å². The number of aryl methyl sites for hydroxylation is 1. The maximum atomic E-state index is 13.3. The number of amides is 2. The van der Waals surface area contributed by atoms with Crippen LogP contribution in [-0.2, 0) is 11.8 Å². The van der Waals surface area contributed by atoms with Crippen LogP contribution in [0.5, 0.6) is 0 Å². The Hall–Kier alpha value is -4.15. The van der Waals surface area contributed by atoms with Crippen molar-refractivity contribution in [3.8, 4) is 11.4 Å². The van der Waals surface area contributed by atoms with E-state index in [1.807, 2.05) is 44.5 Å². The number of pyridine rings is 2. The molecule has 0 spiro atoms. The van der Waals surface area contributed by atoms with E-state index in [1.54, 1.807) is 34.3 Å². The Morgan fingerprint density at radius 1 is 1.06 bits per heavy atom. The summed E-state index contributed by atoms with van der Waals surface area (Å²) in [5, 5.41) is 12.8. The quantitative estimate of drug-likeness (QED) is 0.254. The first-order valence-corrected chi connectivity index (χ1v) is 11.2. The Morgan fingerprint density at radius 3 is 2.37 bits per heavy atom. The van der Waals surface area contributed by atoms with Crippen LogP contribution in [0.1, 0.15) is 36.8 Å². The van der Waals surface area contributed by atoms with Gasteiger partial charge in [-0.3, -0.25) is 14.8 Å². The van der Waals surface area contributed by atoms with Gasteiger partial charge in [0.15, 0.2) is 5.84 Å². The van der Waals surface area contributed by atoms with E-state index in [0.29, 0.717) is 48.8 Å². The summed E-state index contributed by atoms with van der Waals surface area (Å²) in [5.41, 5.74) is 8.14. The number of amidine groups is 1. The number of oxime groups is 1. The molecule has 11 heteroatoms. The molecule has 1 fully saturated rings. The molecule has 3 aromatic heterocycles. The maximum absolute atomic E-state index is 13.3. The number of piperazine rings is 1. The number of hydrogen-bond acceptors (Lipinski definition) is 7. The second kappa shape index (κ2) is 9.24. The van der Waals surface area contributed by atoms with Crippen LogP contribution in [0.15, 0.2) is 41.8 Å². The molecule has 3 aromatic rings. The number of carbonyl (C=O) groups excluding carboxylic acids is 2. The van der Waals surface area contributed by atoms with Crippen LogP contribution in [-0.4, -0.2) is 79.2 Å². The first-order valence-electron chi connectivity index (χ1n) is 11.2. The van der Waals surface area contributed by atoms with Crippen LogP contribution in [0.3, 0.4) is 0 Å². The molecule has 0 radical (unpaired) electrons. The van der Waals surface area contributed by atoms with Crippen molar-refractivity contribution in [1.29, 1.82) is 0 Å². The van der Waals surface area contributed by atoms with Crippen molar-refractivity contribution < 1.29 is 19.5 Å². The summed E-state index contributed by atoms with van der Waals surface area (Å²) in [6, 6.07) is 7.00. The topological polar surface area (TPSA) is 139 Å². The van der Waals surface area contributed by atoms with Crippen LogP contribution in [0, 0.1) is 0 Å². The molecule has 0 atom stereocenters. The highest BCUT2D eigenvalue weighted by atomic mass is 16.6. The normalized spacial score (nSPS) is 14.9. The fourth-order valence-corrected chi connectivity index (χ4v) is 3.95. The van der Waals surface area contributed by atoms with Gasteiger partial charge in [0.1, 0.15) is 11.3 Å². The number of hydrogen-bond donors (Lipinski definition) is 2. The second-order valence-corrected chi connectivity index (χ2v) is 9.39. The lowest BCUT2D eigenvalue weighted by Crippen LogP contribution is -2.51. The average Bonchev–Trinajstić information content (AvgIpc) is 3.17. The predicted molar refractivity (Wildman–Crippen MR) is 130 cm³/mol. The van der Waals surface area contributed by atoms with Crippen LogP contribution < -0.4 is 5.73 Å².